The van der Waals surface area contributed by atoms with Gasteiger partial charge in [-0.25, -0.2) is 0 Å². The molecule has 0 bridgehead atoms. The fraction of sp³-hybridized carbons (Fsp3) is 1.00. The molecule has 0 amide bonds. The molecule has 6 heteroatoms. The second-order valence-electron chi connectivity index (χ2n) is 8.99. The zero-order valence-corrected chi connectivity index (χ0v) is 13.7. The molecule has 5 aliphatic rings. The van der Waals surface area contributed by atoms with Crippen molar-refractivity contribution >= 4 is 0 Å². The summed E-state index contributed by atoms with van der Waals surface area (Å²) in [5.41, 5.74) is -1.64. The van der Waals surface area contributed by atoms with Crippen LogP contribution < -0.4 is 0 Å². The molecular weight excluding hydrogens is 280 g/mol. The molecule has 2 aliphatic heterocycles. The Bertz CT molecular complexity index is 592. The standard InChI is InChI=1S/C16H24N4O2/c1-14(2)15(3)10-11-13(18-20(22)16(11,14)4)9-7-5-6-8(9)12(10)17-19(15)21/h8-13H,5-7H2,1-4H3/t8-,9?,10?,11-,12-,13?,15-,16?/m0/s1. The minimum absolute atomic E-state index is 0.0963. The first-order valence-electron chi connectivity index (χ1n) is 8.62. The fourth-order valence-corrected chi connectivity index (χ4v) is 7.06. The first kappa shape index (κ1) is 13.3. The van der Waals surface area contributed by atoms with Gasteiger partial charge in [0.05, 0.1) is 11.8 Å². The van der Waals surface area contributed by atoms with Gasteiger partial charge in [-0.2, -0.15) is 0 Å². The lowest BCUT2D eigenvalue weighted by atomic mass is 9.61. The molecule has 4 unspecified atom stereocenters. The average molecular weight is 304 g/mol. The van der Waals surface area contributed by atoms with Gasteiger partial charge >= 0.3 is 0 Å². The maximum absolute atomic E-state index is 12.8. The van der Waals surface area contributed by atoms with Crippen LogP contribution in [-0.4, -0.2) is 32.9 Å². The fourth-order valence-electron chi connectivity index (χ4n) is 7.06. The molecule has 6 nitrogen and oxygen atoms in total. The lowest BCUT2D eigenvalue weighted by molar-refractivity contribution is -0.652. The largest absolute Gasteiger partial charge is 0.599 e. The van der Waals surface area contributed by atoms with Gasteiger partial charge in [0, 0.05) is 13.8 Å². The maximum atomic E-state index is 12.8. The van der Waals surface area contributed by atoms with Gasteiger partial charge in [0.1, 0.15) is 17.5 Å². The zero-order valence-electron chi connectivity index (χ0n) is 13.7. The van der Waals surface area contributed by atoms with E-state index in [1.165, 1.54) is 6.42 Å². The summed E-state index contributed by atoms with van der Waals surface area (Å²) in [5, 5.41) is 34.8. The third-order valence-corrected chi connectivity index (χ3v) is 8.72. The highest BCUT2D eigenvalue weighted by atomic mass is 16.5. The van der Waals surface area contributed by atoms with Crippen molar-refractivity contribution in [2.24, 2.45) is 39.3 Å². The van der Waals surface area contributed by atoms with Crippen molar-refractivity contribution in [3.63, 3.8) is 0 Å². The quantitative estimate of drug-likeness (QED) is 0.509. The Kier molecular flexibility index (Phi) is 2.01. The van der Waals surface area contributed by atoms with Gasteiger partial charge < -0.3 is 10.4 Å². The van der Waals surface area contributed by atoms with Crippen molar-refractivity contribution in [1.82, 2.24) is 0 Å². The van der Waals surface area contributed by atoms with E-state index >= 15 is 0 Å². The lowest BCUT2D eigenvalue weighted by Crippen LogP contribution is -2.56. The average Bonchev–Trinajstić information content (AvgIpc) is 3.12. The molecule has 0 N–H and O–H groups in total. The van der Waals surface area contributed by atoms with Crippen LogP contribution in [0.4, 0.5) is 0 Å². The van der Waals surface area contributed by atoms with Crippen LogP contribution in [0.15, 0.2) is 10.2 Å². The topological polar surface area (TPSA) is 76.9 Å². The molecule has 0 aromatic carbocycles. The molecule has 0 aromatic heterocycles. The van der Waals surface area contributed by atoms with Crippen LogP contribution in [-0.2, 0) is 0 Å². The van der Waals surface area contributed by atoms with E-state index in [4.69, 9.17) is 0 Å². The van der Waals surface area contributed by atoms with Crippen molar-refractivity contribution in [2.75, 3.05) is 0 Å². The van der Waals surface area contributed by atoms with Gasteiger partial charge in [0.15, 0.2) is 0 Å². The molecule has 3 aliphatic carbocycles. The molecule has 0 radical (unpaired) electrons. The predicted molar refractivity (Wildman–Crippen MR) is 78.1 cm³/mol. The number of azo groups is 2. The number of fused-ring (bicyclic) bond motifs is 3. The SMILES string of the molecule is CC12[C@@H]3C(N=[N+]1[O-])C1CCC[C@@H]1[C@@H]1N=[N+]([O-])[C@@](C)(C31)C2(C)C. The van der Waals surface area contributed by atoms with Crippen LogP contribution in [0.2, 0.25) is 0 Å². The number of hydrogen-bond donors (Lipinski definition) is 0. The summed E-state index contributed by atoms with van der Waals surface area (Å²) in [5.74, 6) is 1.21. The van der Waals surface area contributed by atoms with Crippen molar-refractivity contribution in [2.45, 2.75) is 70.1 Å². The van der Waals surface area contributed by atoms with Crippen LogP contribution in [0.5, 0.6) is 0 Å². The number of hydroxylamine groups is 2. The second kappa shape index (κ2) is 3.34. The van der Waals surface area contributed by atoms with E-state index in [0.29, 0.717) is 11.8 Å². The Morgan fingerprint density at radius 1 is 0.818 bits per heavy atom. The van der Waals surface area contributed by atoms with Crippen LogP contribution in [0.3, 0.4) is 0 Å². The van der Waals surface area contributed by atoms with E-state index in [-0.39, 0.29) is 23.9 Å². The van der Waals surface area contributed by atoms with Crippen LogP contribution >= 0.6 is 0 Å². The third-order valence-electron chi connectivity index (χ3n) is 8.72. The van der Waals surface area contributed by atoms with Crippen LogP contribution in [0, 0.1) is 39.5 Å². The molecule has 120 valence electrons. The molecule has 0 spiro atoms. The molecule has 3 saturated carbocycles. The van der Waals surface area contributed by atoms with E-state index in [2.05, 4.69) is 24.1 Å². The van der Waals surface area contributed by atoms with Gasteiger partial charge in [0.25, 0.3) is 0 Å². The Morgan fingerprint density at radius 3 is 1.64 bits per heavy atom. The van der Waals surface area contributed by atoms with Crippen molar-refractivity contribution in [1.29, 1.82) is 0 Å². The molecule has 5 rings (SSSR count). The minimum atomic E-state index is -0.596. The predicted octanol–water partition coefficient (Wildman–Crippen LogP) is 2.90. The Balaban J connectivity index is 1.80. The minimum Gasteiger partial charge on any atom is -0.599 e. The van der Waals surface area contributed by atoms with E-state index < -0.39 is 16.5 Å². The van der Waals surface area contributed by atoms with E-state index in [9.17, 15) is 10.4 Å². The highest BCUT2D eigenvalue weighted by Gasteiger charge is 2.88. The van der Waals surface area contributed by atoms with Crippen LogP contribution in [0.1, 0.15) is 47.0 Å². The molecule has 2 heterocycles. The normalized spacial score (nSPS) is 60.0. The third kappa shape index (κ3) is 0.959. The van der Waals surface area contributed by atoms with E-state index in [1.54, 1.807) is 0 Å². The first-order chi connectivity index (χ1) is 10.3. The van der Waals surface area contributed by atoms with Gasteiger partial charge in [-0.05, 0) is 48.8 Å². The van der Waals surface area contributed by atoms with Gasteiger partial charge in [-0.1, -0.05) is 16.1 Å². The summed E-state index contributed by atoms with van der Waals surface area (Å²) < 4.78 is 0. The van der Waals surface area contributed by atoms with Crippen LogP contribution in [0.25, 0.3) is 0 Å². The Morgan fingerprint density at radius 2 is 1.23 bits per heavy atom. The second-order valence-corrected chi connectivity index (χ2v) is 8.99. The van der Waals surface area contributed by atoms with Crippen molar-refractivity contribution in [3.05, 3.63) is 10.4 Å². The van der Waals surface area contributed by atoms with Crippen molar-refractivity contribution in [3.8, 4) is 0 Å². The van der Waals surface area contributed by atoms with E-state index in [0.717, 1.165) is 22.6 Å². The zero-order chi connectivity index (χ0) is 15.7. The highest BCUT2D eigenvalue weighted by molar-refractivity contribution is 5.27. The lowest BCUT2D eigenvalue weighted by Gasteiger charge is -2.38. The summed E-state index contributed by atoms with van der Waals surface area (Å²) in [6.07, 6.45) is 3.45. The number of rotatable bonds is 0. The monoisotopic (exact) mass is 304 g/mol. The van der Waals surface area contributed by atoms with E-state index in [1.807, 2.05) is 13.8 Å². The smallest absolute Gasteiger partial charge is 0.213 e. The summed E-state index contributed by atoms with van der Waals surface area (Å²) in [6, 6.07) is 0.193. The Hall–Kier alpha value is -1.20. The Labute approximate surface area is 130 Å². The summed E-state index contributed by atoms with van der Waals surface area (Å²) in [6.45, 7) is 8.23. The number of nitrogens with zero attached hydrogens (tertiary/aromatic N) is 4. The molecule has 0 aromatic rings. The molecule has 3 fully saturated rings. The summed E-state index contributed by atoms with van der Waals surface area (Å²) in [7, 11) is 0. The van der Waals surface area contributed by atoms with Gasteiger partial charge in [-0.3, -0.25) is 0 Å². The molecular formula is C16H24N4O2. The highest BCUT2D eigenvalue weighted by Crippen LogP contribution is 2.72. The van der Waals surface area contributed by atoms with Crippen molar-refractivity contribution < 1.29 is 9.72 Å². The molecule has 0 saturated heterocycles. The summed E-state index contributed by atoms with van der Waals surface area (Å²) in [4.78, 5) is 1.97. The van der Waals surface area contributed by atoms with Gasteiger partial charge in [0.2, 0.25) is 11.1 Å². The maximum Gasteiger partial charge on any atom is 0.213 e. The molecule has 8 atom stereocenters. The number of hydrogen-bond acceptors (Lipinski definition) is 4. The summed E-state index contributed by atoms with van der Waals surface area (Å²) >= 11 is 0. The van der Waals surface area contributed by atoms with Gasteiger partial charge in [-0.15, -0.1) is 0 Å². The molecule has 22 heavy (non-hydrogen) atoms. The first-order valence-corrected chi connectivity index (χ1v) is 8.62.